The van der Waals surface area contributed by atoms with E-state index in [9.17, 15) is 13.2 Å². The summed E-state index contributed by atoms with van der Waals surface area (Å²) < 4.78 is 33.3. The number of anilines is 2. The zero-order valence-electron chi connectivity index (χ0n) is 15.9. The zero-order valence-corrected chi connectivity index (χ0v) is 16.8. The molecule has 0 saturated heterocycles. The van der Waals surface area contributed by atoms with E-state index in [0.717, 1.165) is 17.4 Å². The van der Waals surface area contributed by atoms with Crippen LogP contribution in [-0.4, -0.2) is 32.9 Å². The van der Waals surface area contributed by atoms with Gasteiger partial charge in [-0.2, -0.15) is 0 Å². The van der Waals surface area contributed by atoms with E-state index in [-0.39, 0.29) is 4.90 Å². The van der Waals surface area contributed by atoms with Crippen LogP contribution in [0.25, 0.3) is 11.1 Å². The number of hydrogen-bond acceptors (Lipinski definition) is 7. The predicted molar refractivity (Wildman–Crippen MR) is 106 cm³/mol. The van der Waals surface area contributed by atoms with Crippen LogP contribution in [-0.2, 0) is 14.6 Å². The number of hydrogen-bond donors (Lipinski definition) is 1. The van der Waals surface area contributed by atoms with Crippen LogP contribution in [0.4, 0.5) is 11.4 Å². The monoisotopic (exact) mass is 400 g/mol. The van der Waals surface area contributed by atoms with Crippen molar-refractivity contribution in [3.8, 4) is 11.1 Å². The Morgan fingerprint density at radius 3 is 2.29 bits per heavy atom. The van der Waals surface area contributed by atoms with E-state index >= 15 is 0 Å². The van der Waals surface area contributed by atoms with Gasteiger partial charge in [-0.25, -0.2) is 13.2 Å². The Hall–Kier alpha value is -3.13. The molecule has 0 radical (unpaired) electrons. The molecule has 1 aromatic heterocycles. The maximum atomic E-state index is 12.1. The van der Waals surface area contributed by atoms with Gasteiger partial charge in [0.25, 0.3) is 0 Å². The van der Waals surface area contributed by atoms with Gasteiger partial charge < -0.3 is 14.6 Å². The van der Waals surface area contributed by atoms with E-state index in [0.29, 0.717) is 28.4 Å². The van der Waals surface area contributed by atoms with Crippen molar-refractivity contribution >= 4 is 27.2 Å². The minimum Gasteiger partial charge on any atom is -0.465 e. The smallest absolute Gasteiger partial charge is 0.337 e. The standard InChI is InChI=1S/C20H20N2O5S/c1-12-19(13(2)27-22-12)14-9-15(20(23)26-3)11-17(10-14)21-16-5-7-18(8-6-16)28(4,24)25/h5-11,21H,1-4H3. The molecule has 2 aromatic carbocycles. The van der Waals surface area contributed by atoms with Crippen molar-refractivity contribution in [2.24, 2.45) is 0 Å². The first-order chi connectivity index (χ1) is 13.2. The Kier molecular flexibility index (Phi) is 5.24. The molecular weight excluding hydrogens is 380 g/mol. The van der Waals surface area contributed by atoms with Crippen molar-refractivity contribution in [2.75, 3.05) is 18.7 Å². The number of aromatic nitrogens is 1. The number of ether oxygens (including phenoxy) is 1. The molecule has 0 aliphatic rings. The van der Waals surface area contributed by atoms with Crippen LogP contribution in [0.1, 0.15) is 21.8 Å². The second kappa shape index (κ2) is 7.47. The molecule has 7 nitrogen and oxygen atoms in total. The maximum absolute atomic E-state index is 12.1. The van der Waals surface area contributed by atoms with Crippen molar-refractivity contribution < 1.29 is 22.5 Å². The van der Waals surface area contributed by atoms with Crippen LogP contribution in [0.5, 0.6) is 0 Å². The van der Waals surface area contributed by atoms with Gasteiger partial charge in [0.05, 0.1) is 23.3 Å². The van der Waals surface area contributed by atoms with Crippen LogP contribution in [0.15, 0.2) is 51.9 Å². The number of benzene rings is 2. The van der Waals surface area contributed by atoms with Crippen LogP contribution < -0.4 is 5.32 Å². The molecule has 3 aromatic rings. The fraction of sp³-hybridized carbons (Fsp3) is 0.200. The van der Waals surface area contributed by atoms with Crippen LogP contribution in [0.3, 0.4) is 0 Å². The largest absolute Gasteiger partial charge is 0.465 e. The van der Waals surface area contributed by atoms with Crippen molar-refractivity contribution in [1.82, 2.24) is 5.16 Å². The molecule has 146 valence electrons. The Balaban J connectivity index is 2.03. The van der Waals surface area contributed by atoms with Gasteiger partial charge >= 0.3 is 5.97 Å². The highest BCUT2D eigenvalue weighted by Gasteiger charge is 2.16. The molecule has 0 spiro atoms. The molecule has 1 heterocycles. The minimum absolute atomic E-state index is 0.234. The summed E-state index contributed by atoms with van der Waals surface area (Å²) >= 11 is 0. The number of carbonyl (C=O) groups excluding carboxylic acids is 1. The van der Waals surface area contributed by atoms with E-state index in [1.165, 1.54) is 19.2 Å². The van der Waals surface area contributed by atoms with Gasteiger partial charge in [-0.15, -0.1) is 0 Å². The number of carbonyl (C=O) groups is 1. The van der Waals surface area contributed by atoms with E-state index in [2.05, 4.69) is 10.5 Å². The fourth-order valence-corrected chi connectivity index (χ4v) is 3.56. The predicted octanol–water partition coefficient (Wildman–Crippen LogP) is 3.89. The van der Waals surface area contributed by atoms with E-state index < -0.39 is 15.8 Å². The lowest BCUT2D eigenvalue weighted by atomic mass is 10.0. The topological polar surface area (TPSA) is 98.5 Å². The van der Waals surface area contributed by atoms with Gasteiger partial charge in [-0.05, 0) is 61.9 Å². The number of rotatable bonds is 5. The summed E-state index contributed by atoms with van der Waals surface area (Å²) in [6.45, 7) is 3.63. The summed E-state index contributed by atoms with van der Waals surface area (Å²) in [4.78, 5) is 12.3. The number of esters is 1. The van der Waals surface area contributed by atoms with Crippen molar-refractivity contribution in [1.29, 1.82) is 0 Å². The molecular formula is C20H20N2O5S. The Bertz CT molecular complexity index is 1110. The number of aryl methyl sites for hydroxylation is 2. The average molecular weight is 400 g/mol. The van der Waals surface area contributed by atoms with Gasteiger partial charge in [0.1, 0.15) is 5.76 Å². The molecule has 0 saturated carbocycles. The quantitative estimate of drug-likeness (QED) is 0.649. The molecule has 0 aliphatic carbocycles. The van der Waals surface area contributed by atoms with Crippen molar-refractivity contribution in [2.45, 2.75) is 18.7 Å². The molecule has 28 heavy (non-hydrogen) atoms. The zero-order chi connectivity index (χ0) is 20.5. The molecule has 0 bridgehead atoms. The molecule has 8 heteroatoms. The normalized spacial score (nSPS) is 11.3. The third-order valence-corrected chi connectivity index (χ3v) is 5.38. The summed E-state index contributed by atoms with van der Waals surface area (Å²) in [5.74, 6) is 0.173. The molecule has 0 amide bonds. The summed E-state index contributed by atoms with van der Waals surface area (Å²) in [5.41, 5.74) is 3.97. The maximum Gasteiger partial charge on any atom is 0.337 e. The molecule has 3 rings (SSSR count). The second-order valence-corrected chi connectivity index (χ2v) is 8.43. The lowest BCUT2D eigenvalue weighted by Crippen LogP contribution is -2.03. The molecule has 1 N–H and O–H groups in total. The first-order valence-electron chi connectivity index (χ1n) is 8.43. The first-order valence-corrected chi connectivity index (χ1v) is 10.3. The highest BCUT2D eigenvalue weighted by molar-refractivity contribution is 7.90. The number of methoxy groups -OCH3 is 1. The van der Waals surface area contributed by atoms with Gasteiger partial charge in [-0.3, -0.25) is 0 Å². The summed E-state index contributed by atoms with van der Waals surface area (Å²) in [7, 11) is -1.94. The van der Waals surface area contributed by atoms with Crippen molar-refractivity contribution in [3.05, 3.63) is 59.5 Å². The second-order valence-electron chi connectivity index (χ2n) is 6.41. The highest BCUT2D eigenvalue weighted by Crippen LogP contribution is 2.31. The minimum atomic E-state index is -3.27. The van der Waals surface area contributed by atoms with Gasteiger partial charge in [0.15, 0.2) is 9.84 Å². The molecule has 0 atom stereocenters. The summed E-state index contributed by atoms with van der Waals surface area (Å²) in [6, 6.07) is 11.6. The molecule has 0 unspecified atom stereocenters. The number of sulfone groups is 1. The summed E-state index contributed by atoms with van der Waals surface area (Å²) in [5, 5.41) is 7.15. The van der Waals surface area contributed by atoms with E-state index in [1.54, 1.807) is 31.2 Å². The Morgan fingerprint density at radius 1 is 1.07 bits per heavy atom. The Morgan fingerprint density at radius 2 is 1.75 bits per heavy atom. The number of nitrogens with one attached hydrogen (secondary N) is 1. The van der Waals surface area contributed by atoms with Crippen LogP contribution in [0, 0.1) is 13.8 Å². The molecule has 0 aliphatic heterocycles. The number of nitrogens with zero attached hydrogens (tertiary/aromatic N) is 1. The first kappa shape index (κ1) is 19.6. The summed E-state index contributed by atoms with van der Waals surface area (Å²) in [6.07, 6.45) is 1.16. The fourth-order valence-electron chi connectivity index (χ4n) is 2.93. The molecule has 0 fully saturated rings. The van der Waals surface area contributed by atoms with Crippen LogP contribution >= 0.6 is 0 Å². The average Bonchev–Trinajstić information content (AvgIpc) is 2.99. The Labute approximate surface area is 163 Å². The lowest BCUT2D eigenvalue weighted by molar-refractivity contribution is 0.0601. The van der Waals surface area contributed by atoms with E-state index in [1.807, 2.05) is 13.0 Å². The third kappa shape index (κ3) is 4.07. The van der Waals surface area contributed by atoms with Gasteiger partial charge in [0, 0.05) is 23.2 Å². The van der Waals surface area contributed by atoms with Crippen LogP contribution in [0.2, 0.25) is 0 Å². The SMILES string of the molecule is COC(=O)c1cc(Nc2ccc(S(C)(=O)=O)cc2)cc(-c2c(C)noc2C)c1. The third-order valence-electron chi connectivity index (χ3n) is 4.25. The van der Waals surface area contributed by atoms with Gasteiger partial charge in [-0.1, -0.05) is 5.16 Å². The van der Waals surface area contributed by atoms with Crippen molar-refractivity contribution in [3.63, 3.8) is 0 Å². The lowest BCUT2D eigenvalue weighted by Gasteiger charge is -2.12. The van der Waals surface area contributed by atoms with Gasteiger partial charge in [0.2, 0.25) is 0 Å². The highest BCUT2D eigenvalue weighted by atomic mass is 32.2. The van der Waals surface area contributed by atoms with E-state index in [4.69, 9.17) is 9.26 Å².